The van der Waals surface area contributed by atoms with Crippen LogP contribution in [0.2, 0.25) is 0 Å². The number of likely N-dealkylation sites (tertiary alicyclic amines) is 1. The summed E-state index contributed by atoms with van der Waals surface area (Å²) in [5.41, 5.74) is 2.21. The van der Waals surface area contributed by atoms with Crippen molar-refractivity contribution < 1.29 is 13.6 Å². The van der Waals surface area contributed by atoms with Crippen molar-refractivity contribution in [3.05, 3.63) is 53.7 Å². The molecule has 1 amide bonds. The molecule has 8 heteroatoms. The number of pyridine rings is 1. The summed E-state index contributed by atoms with van der Waals surface area (Å²) in [6.07, 6.45) is 4.60. The van der Waals surface area contributed by atoms with Crippen LogP contribution in [0.15, 0.2) is 41.7 Å². The van der Waals surface area contributed by atoms with Crippen molar-refractivity contribution in [3.8, 4) is 11.1 Å². The van der Waals surface area contributed by atoms with Crippen molar-refractivity contribution in [2.45, 2.75) is 32.4 Å². The van der Waals surface area contributed by atoms with Gasteiger partial charge in [-0.1, -0.05) is 6.07 Å². The van der Waals surface area contributed by atoms with E-state index in [1.165, 1.54) is 6.07 Å². The summed E-state index contributed by atoms with van der Waals surface area (Å²) in [5.74, 6) is -0.364. The molecule has 1 N–H and O–H groups in total. The zero-order chi connectivity index (χ0) is 22.2. The van der Waals surface area contributed by atoms with Crippen molar-refractivity contribution in [2.75, 3.05) is 20.1 Å². The number of halogens is 2. The molecule has 4 rings (SSSR count). The Bertz CT molecular complexity index is 1160. The van der Waals surface area contributed by atoms with Gasteiger partial charge in [-0.05, 0) is 50.2 Å². The van der Waals surface area contributed by atoms with Gasteiger partial charge in [-0.25, -0.2) is 18.8 Å². The van der Waals surface area contributed by atoms with Gasteiger partial charge in [0.05, 0.1) is 11.4 Å². The van der Waals surface area contributed by atoms with E-state index in [9.17, 15) is 9.18 Å². The molecular weight excluding hydrogens is 400 g/mol. The van der Waals surface area contributed by atoms with E-state index in [1.54, 1.807) is 16.7 Å². The average Bonchev–Trinajstić information content (AvgIpc) is 3.12. The lowest BCUT2D eigenvalue weighted by molar-refractivity contribution is -0.108. The fraction of sp³-hybridized carbons (Fsp3) is 0.348. The Morgan fingerprint density at radius 1 is 1.19 bits per heavy atom. The van der Waals surface area contributed by atoms with E-state index >= 15 is 4.39 Å². The highest BCUT2D eigenvalue weighted by Gasteiger charge is 2.39. The summed E-state index contributed by atoms with van der Waals surface area (Å²) >= 11 is 0. The van der Waals surface area contributed by atoms with Gasteiger partial charge in [-0.2, -0.15) is 0 Å². The minimum Gasteiger partial charge on any atom is -0.314 e. The van der Waals surface area contributed by atoms with Gasteiger partial charge in [0, 0.05) is 43.9 Å². The highest BCUT2D eigenvalue weighted by atomic mass is 19.1. The van der Waals surface area contributed by atoms with Crippen LogP contribution in [-0.2, 0) is 4.79 Å². The molecule has 0 saturated carbocycles. The van der Waals surface area contributed by atoms with Gasteiger partial charge in [0.25, 0.3) is 0 Å². The van der Waals surface area contributed by atoms with Crippen LogP contribution in [0.4, 0.5) is 14.5 Å². The van der Waals surface area contributed by atoms with Gasteiger partial charge < -0.3 is 14.6 Å². The van der Waals surface area contributed by atoms with E-state index in [4.69, 9.17) is 0 Å². The van der Waals surface area contributed by atoms with Gasteiger partial charge >= 0.3 is 0 Å². The summed E-state index contributed by atoms with van der Waals surface area (Å²) in [7, 11) is 1.94. The lowest BCUT2D eigenvalue weighted by atomic mass is 9.92. The number of rotatable bonds is 4. The topological polar surface area (TPSA) is 62.0 Å². The first-order valence-corrected chi connectivity index (χ1v) is 10.2. The van der Waals surface area contributed by atoms with Crippen LogP contribution in [-0.4, -0.2) is 52.3 Å². The maximum atomic E-state index is 15.5. The molecule has 2 aromatic heterocycles. The number of aromatic nitrogens is 2. The van der Waals surface area contributed by atoms with Crippen LogP contribution in [0.3, 0.4) is 0 Å². The number of carbonyl (C=O) groups excluding carboxylic acids is 1. The van der Waals surface area contributed by atoms with Gasteiger partial charge in [0.15, 0.2) is 17.1 Å². The number of alkyl halides is 1. The largest absolute Gasteiger partial charge is 0.314 e. The molecule has 1 saturated heterocycles. The van der Waals surface area contributed by atoms with Gasteiger partial charge in [-0.3, -0.25) is 4.79 Å². The van der Waals surface area contributed by atoms with Gasteiger partial charge in [0.1, 0.15) is 5.84 Å². The van der Waals surface area contributed by atoms with Crippen molar-refractivity contribution in [1.29, 1.82) is 0 Å². The van der Waals surface area contributed by atoms with Crippen molar-refractivity contribution in [1.82, 2.24) is 19.6 Å². The first-order chi connectivity index (χ1) is 14.8. The van der Waals surface area contributed by atoms with E-state index in [-0.39, 0.29) is 24.3 Å². The molecule has 162 valence electrons. The molecule has 0 radical (unpaired) electrons. The van der Waals surface area contributed by atoms with E-state index in [0.717, 1.165) is 16.8 Å². The summed E-state index contributed by atoms with van der Waals surface area (Å²) < 4.78 is 31.7. The van der Waals surface area contributed by atoms with Crippen LogP contribution in [0.1, 0.15) is 24.1 Å². The Labute approximate surface area is 179 Å². The number of hydrogen-bond donors (Lipinski definition) is 1. The first kappa shape index (κ1) is 21.1. The Morgan fingerprint density at radius 3 is 2.61 bits per heavy atom. The highest BCUT2D eigenvalue weighted by Crippen LogP contribution is 2.31. The highest BCUT2D eigenvalue weighted by molar-refractivity contribution is 5.98. The van der Waals surface area contributed by atoms with Crippen LogP contribution in [0, 0.1) is 19.7 Å². The molecule has 3 aromatic rings. The number of aliphatic imine (C=N–C) groups is 1. The molecule has 0 bridgehead atoms. The molecule has 0 spiro atoms. The predicted octanol–water partition coefficient (Wildman–Crippen LogP) is 3.97. The van der Waals surface area contributed by atoms with E-state index < -0.39 is 11.5 Å². The van der Waals surface area contributed by atoms with Crippen molar-refractivity contribution in [2.24, 2.45) is 4.99 Å². The maximum absolute atomic E-state index is 15.5. The Morgan fingerprint density at radius 2 is 1.94 bits per heavy atom. The fourth-order valence-corrected chi connectivity index (χ4v) is 3.95. The molecule has 3 heterocycles. The average molecular weight is 425 g/mol. The minimum absolute atomic E-state index is 0.0350. The molecule has 0 aliphatic carbocycles. The number of benzene rings is 1. The number of nitrogens with one attached hydrogen (secondary N) is 1. The van der Waals surface area contributed by atoms with Crippen LogP contribution < -0.4 is 5.32 Å². The Balaban J connectivity index is 1.68. The summed E-state index contributed by atoms with van der Waals surface area (Å²) in [6.45, 7) is 4.86. The minimum atomic E-state index is -1.67. The molecule has 6 nitrogen and oxygen atoms in total. The maximum Gasteiger partial charge on any atom is 0.212 e. The molecule has 1 aromatic carbocycles. The molecular formula is C23H25F2N5O. The van der Waals surface area contributed by atoms with E-state index in [2.05, 4.69) is 15.3 Å². The second kappa shape index (κ2) is 8.19. The second-order valence-corrected chi connectivity index (χ2v) is 8.18. The van der Waals surface area contributed by atoms with Crippen LogP contribution in [0.5, 0.6) is 0 Å². The first-order valence-electron chi connectivity index (χ1n) is 10.2. The zero-order valence-corrected chi connectivity index (χ0v) is 17.8. The quantitative estimate of drug-likeness (QED) is 0.391. The zero-order valence-electron chi connectivity index (χ0n) is 17.8. The third kappa shape index (κ3) is 4.20. The fourth-order valence-electron chi connectivity index (χ4n) is 3.95. The molecule has 1 aliphatic rings. The van der Waals surface area contributed by atoms with Crippen molar-refractivity contribution >= 4 is 23.6 Å². The van der Waals surface area contributed by atoms with Gasteiger partial charge in [0.2, 0.25) is 6.41 Å². The smallest absolute Gasteiger partial charge is 0.212 e. The number of fused-ring (bicyclic) bond motifs is 1. The number of nitrogens with zero attached hydrogens (tertiary/aromatic N) is 4. The summed E-state index contributed by atoms with van der Waals surface area (Å²) in [4.78, 5) is 21.8. The van der Waals surface area contributed by atoms with Crippen LogP contribution in [0.25, 0.3) is 16.8 Å². The van der Waals surface area contributed by atoms with Crippen LogP contribution >= 0.6 is 0 Å². The lowest BCUT2D eigenvalue weighted by Gasteiger charge is -2.34. The standard InChI is InChI=1S/C23H25F2N5O/c1-15-10-17(18-11-19(24)21-27-16(2)12-30(21)13-18)4-5-20(15)28-22(26-14-31)23(25)6-8-29(3)9-7-23/h4-5,10-14H,6-9H2,1-3H3,(H,26,28,31). The van der Waals surface area contributed by atoms with E-state index in [0.29, 0.717) is 30.8 Å². The summed E-state index contributed by atoms with van der Waals surface area (Å²) in [5, 5.41) is 2.48. The molecule has 0 atom stereocenters. The SMILES string of the molecule is Cc1cn2cc(-c3ccc(/N=C(\NC=O)C4(F)CCN(C)CC4)c(C)c3)cc(F)c2n1. The molecule has 31 heavy (non-hydrogen) atoms. The monoisotopic (exact) mass is 425 g/mol. The predicted molar refractivity (Wildman–Crippen MR) is 117 cm³/mol. The second-order valence-electron chi connectivity index (χ2n) is 8.18. The Kier molecular flexibility index (Phi) is 5.58. The number of carbonyl (C=O) groups is 1. The third-order valence-corrected chi connectivity index (χ3v) is 5.79. The van der Waals surface area contributed by atoms with Gasteiger partial charge in [-0.15, -0.1) is 0 Å². The number of amides is 1. The Hall–Kier alpha value is -3.13. The normalized spacial score (nSPS) is 17.1. The third-order valence-electron chi connectivity index (χ3n) is 5.79. The number of imidazole rings is 1. The number of aryl methyl sites for hydroxylation is 2. The number of piperidine rings is 1. The number of amidine groups is 1. The molecule has 1 aliphatic heterocycles. The van der Waals surface area contributed by atoms with E-state index in [1.807, 2.05) is 44.1 Å². The number of hydrogen-bond acceptors (Lipinski definition) is 4. The molecule has 0 unspecified atom stereocenters. The lowest BCUT2D eigenvalue weighted by Crippen LogP contribution is -2.50. The molecule has 1 fully saturated rings. The summed E-state index contributed by atoms with van der Waals surface area (Å²) in [6, 6.07) is 6.90. The van der Waals surface area contributed by atoms with Crippen molar-refractivity contribution in [3.63, 3.8) is 0 Å².